The maximum atomic E-state index is 4.65. The van der Waals surface area contributed by atoms with Gasteiger partial charge in [0.2, 0.25) is 0 Å². The van der Waals surface area contributed by atoms with E-state index in [2.05, 4.69) is 58.9 Å². The van der Waals surface area contributed by atoms with Crippen LogP contribution in [0.15, 0.2) is 4.47 Å². The Bertz CT molecular complexity index is 399. The van der Waals surface area contributed by atoms with Gasteiger partial charge in [-0.15, -0.1) is 0 Å². The molecule has 0 bridgehead atoms. The van der Waals surface area contributed by atoms with Gasteiger partial charge in [-0.05, 0) is 35.2 Å². The van der Waals surface area contributed by atoms with Crippen molar-refractivity contribution in [2.45, 2.75) is 58.0 Å². The molecule has 0 amide bonds. The molecule has 1 N–H and O–H groups in total. The third kappa shape index (κ3) is 5.30. The van der Waals surface area contributed by atoms with Crippen molar-refractivity contribution in [2.75, 3.05) is 11.9 Å². The monoisotopic (exact) mass is 345 g/mol. The van der Waals surface area contributed by atoms with Gasteiger partial charge in [-0.3, -0.25) is 0 Å². The summed E-state index contributed by atoms with van der Waals surface area (Å²) in [4.78, 5) is 9.28. The van der Waals surface area contributed by atoms with E-state index < -0.39 is 0 Å². The van der Waals surface area contributed by atoms with E-state index >= 15 is 0 Å². The average molecular weight is 346 g/mol. The standard InChI is InChI=1S/C14H24BrN3S/c1-5-8-16-14-13(15)11(7-3)17-12(18-14)9-19-10(4)6-2/h10H,5-9H2,1-4H3,(H,16,17,18). The number of rotatable bonds is 8. The van der Waals surface area contributed by atoms with E-state index in [0.717, 1.165) is 46.9 Å². The summed E-state index contributed by atoms with van der Waals surface area (Å²) < 4.78 is 1.01. The Labute approximate surface area is 129 Å². The highest BCUT2D eigenvalue weighted by Crippen LogP contribution is 2.26. The van der Waals surface area contributed by atoms with Gasteiger partial charge < -0.3 is 5.32 Å². The Balaban J connectivity index is 2.85. The molecule has 0 fully saturated rings. The molecule has 1 aromatic rings. The molecule has 0 spiro atoms. The molecule has 108 valence electrons. The highest BCUT2D eigenvalue weighted by atomic mass is 79.9. The maximum Gasteiger partial charge on any atom is 0.144 e. The molecule has 5 heteroatoms. The second-order valence-electron chi connectivity index (χ2n) is 4.56. The molecule has 0 aliphatic heterocycles. The lowest BCUT2D eigenvalue weighted by Crippen LogP contribution is -2.09. The lowest BCUT2D eigenvalue weighted by atomic mass is 10.3. The van der Waals surface area contributed by atoms with Crippen LogP contribution in [0, 0.1) is 0 Å². The quantitative estimate of drug-likeness (QED) is 0.743. The van der Waals surface area contributed by atoms with Crippen LogP contribution in [0.5, 0.6) is 0 Å². The second kappa shape index (κ2) is 8.80. The predicted octanol–water partition coefficient (Wildman–Crippen LogP) is 4.66. The zero-order chi connectivity index (χ0) is 14.3. The molecule has 0 aliphatic carbocycles. The Kier molecular flexibility index (Phi) is 7.76. The van der Waals surface area contributed by atoms with E-state index in [9.17, 15) is 0 Å². The van der Waals surface area contributed by atoms with Crippen molar-refractivity contribution in [1.82, 2.24) is 9.97 Å². The lowest BCUT2D eigenvalue weighted by Gasteiger charge is -2.13. The normalized spacial score (nSPS) is 12.5. The van der Waals surface area contributed by atoms with E-state index in [1.807, 2.05) is 11.8 Å². The molecular weight excluding hydrogens is 322 g/mol. The van der Waals surface area contributed by atoms with E-state index in [-0.39, 0.29) is 0 Å². The largest absolute Gasteiger partial charge is 0.369 e. The van der Waals surface area contributed by atoms with Crippen LogP contribution in [-0.2, 0) is 12.2 Å². The van der Waals surface area contributed by atoms with Gasteiger partial charge in [-0.25, -0.2) is 9.97 Å². The van der Waals surface area contributed by atoms with Crippen molar-refractivity contribution < 1.29 is 0 Å². The summed E-state index contributed by atoms with van der Waals surface area (Å²) in [5, 5.41) is 4.03. The fourth-order valence-corrected chi connectivity index (χ4v) is 2.93. The molecule has 0 saturated heterocycles. The molecule has 3 nitrogen and oxygen atoms in total. The first kappa shape index (κ1) is 16.8. The molecule has 1 atom stereocenters. The zero-order valence-corrected chi connectivity index (χ0v) is 14.7. The van der Waals surface area contributed by atoms with Crippen LogP contribution in [0.3, 0.4) is 0 Å². The van der Waals surface area contributed by atoms with Crippen molar-refractivity contribution in [2.24, 2.45) is 0 Å². The highest BCUT2D eigenvalue weighted by molar-refractivity contribution is 9.10. The molecule has 0 saturated carbocycles. The molecular formula is C14H24BrN3S. The van der Waals surface area contributed by atoms with Crippen molar-refractivity contribution in [3.63, 3.8) is 0 Å². The smallest absolute Gasteiger partial charge is 0.144 e. The SMILES string of the molecule is CCCNc1nc(CSC(C)CC)nc(CC)c1Br. The first-order chi connectivity index (χ1) is 9.12. The highest BCUT2D eigenvalue weighted by Gasteiger charge is 2.11. The van der Waals surface area contributed by atoms with Gasteiger partial charge in [-0.2, -0.15) is 11.8 Å². The van der Waals surface area contributed by atoms with Crippen LogP contribution in [0.25, 0.3) is 0 Å². The number of halogens is 1. The van der Waals surface area contributed by atoms with Gasteiger partial charge in [0.15, 0.2) is 0 Å². The van der Waals surface area contributed by atoms with Gasteiger partial charge in [0.25, 0.3) is 0 Å². The summed E-state index contributed by atoms with van der Waals surface area (Å²) in [6.45, 7) is 9.69. The van der Waals surface area contributed by atoms with Crippen LogP contribution in [0.1, 0.15) is 52.1 Å². The Morgan fingerprint density at radius 1 is 1.26 bits per heavy atom. The minimum absolute atomic E-state index is 0.657. The fraction of sp³-hybridized carbons (Fsp3) is 0.714. The molecule has 0 aromatic carbocycles. The van der Waals surface area contributed by atoms with Crippen molar-refractivity contribution >= 4 is 33.5 Å². The minimum Gasteiger partial charge on any atom is -0.369 e. The van der Waals surface area contributed by atoms with Gasteiger partial charge in [0, 0.05) is 11.8 Å². The van der Waals surface area contributed by atoms with E-state index in [1.165, 1.54) is 6.42 Å². The first-order valence-electron chi connectivity index (χ1n) is 7.03. The van der Waals surface area contributed by atoms with E-state index in [4.69, 9.17) is 0 Å². The lowest BCUT2D eigenvalue weighted by molar-refractivity contribution is 0.888. The van der Waals surface area contributed by atoms with Crippen LogP contribution in [-0.4, -0.2) is 21.8 Å². The summed E-state index contributed by atoms with van der Waals surface area (Å²) >= 11 is 5.52. The summed E-state index contributed by atoms with van der Waals surface area (Å²) in [7, 11) is 0. The Morgan fingerprint density at radius 3 is 2.58 bits per heavy atom. The van der Waals surface area contributed by atoms with Crippen LogP contribution in [0.2, 0.25) is 0 Å². The second-order valence-corrected chi connectivity index (χ2v) is 6.78. The first-order valence-corrected chi connectivity index (χ1v) is 8.87. The fourth-order valence-electron chi connectivity index (χ4n) is 1.54. The molecule has 1 unspecified atom stereocenters. The van der Waals surface area contributed by atoms with Crippen molar-refractivity contribution in [3.8, 4) is 0 Å². The van der Waals surface area contributed by atoms with E-state index in [1.54, 1.807) is 0 Å². The van der Waals surface area contributed by atoms with Crippen molar-refractivity contribution in [3.05, 3.63) is 16.0 Å². The number of hydrogen-bond acceptors (Lipinski definition) is 4. The Hall–Kier alpha value is -0.290. The number of hydrogen-bond donors (Lipinski definition) is 1. The van der Waals surface area contributed by atoms with Crippen LogP contribution in [0.4, 0.5) is 5.82 Å². The van der Waals surface area contributed by atoms with Gasteiger partial charge in [-0.1, -0.05) is 27.7 Å². The molecule has 19 heavy (non-hydrogen) atoms. The number of nitrogens with one attached hydrogen (secondary N) is 1. The number of nitrogens with zero attached hydrogens (tertiary/aromatic N) is 2. The van der Waals surface area contributed by atoms with Crippen LogP contribution >= 0.6 is 27.7 Å². The summed E-state index contributed by atoms with van der Waals surface area (Å²) in [5.74, 6) is 2.76. The Morgan fingerprint density at radius 2 is 2.00 bits per heavy atom. The van der Waals surface area contributed by atoms with Crippen LogP contribution < -0.4 is 5.32 Å². The van der Waals surface area contributed by atoms with Gasteiger partial charge in [0.1, 0.15) is 11.6 Å². The number of thioether (sulfide) groups is 1. The average Bonchev–Trinajstić information content (AvgIpc) is 2.44. The zero-order valence-electron chi connectivity index (χ0n) is 12.3. The van der Waals surface area contributed by atoms with Gasteiger partial charge in [0.05, 0.1) is 15.9 Å². The molecule has 0 radical (unpaired) electrons. The topological polar surface area (TPSA) is 37.8 Å². The minimum atomic E-state index is 0.657. The summed E-state index contributed by atoms with van der Waals surface area (Å²) in [5.41, 5.74) is 1.09. The van der Waals surface area contributed by atoms with E-state index in [0.29, 0.717) is 5.25 Å². The number of aromatic nitrogens is 2. The third-order valence-corrected chi connectivity index (χ3v) is 5.08. The third-order valence-electron chi connectivity index (χ3n) is 2.92. The predicted molar refractivity (Wildman–Crippen MR) is 88.9 cm³/mol. The molecule has 1 heterocycles. The van der Waals surface area contributed by atoms with Gasteiger partial charge >= 0.3 is 0 Å². The van der Waals surface area contributed by atoms with Crippen molar-refractivity contribution in [1.29, 1.82) is 0 Å². The molecule has 1 rings (SSSR count). The maximum absolute atomic E-state index is 4.65. The molecule has 0 aliphatic rings. The summed E-state index contributed by atoms with van der Waals surface area (Å²) in [6, 6.07) is 0. The number of anilines is 1. The summed E-state index contributed by atoms with van der Waals surface area (Å²) in [6.07, 6.45) is 3.20. The number of aryl methyl sites for hydroxylation is 1. The molecule has 1 aromatic heterocycles.